The third kappa shape index (κ3) is 2.46. The zero-order valence-electron chi connectivity index (χ0n) is 14.5. The van der Waals surface area contributed by atoms with E-state index >= 15 is 0 Å². The maximum absolute atomic E-state index is 6.38. The van der Waals surface area contributed by atoms with Crippen molar-refractivity contribution < 1.29 is 4.74 Å². The summed E-state index contributed by atoms with van der Waals surface area (Å²) in [6, 6.07) is 21.0. The van der Waals surface area contributed by atoms with E-state index < -0.39 is 0 Å². The van der Waals surface area contributed by atoms with Crippen LogP contribution >= 0.6 is 0 Å². The van der Waals surface area contributed by atoms with Gasteiger partial charge in [0.2, 0.25) is 6.23 Å². The van der Waals surface area contributed by atoms with Crippen LogP contribution in [0.5, 0.6) is 5.75 Å². The summed E-state index contributed by atoms with van der Waals surface area (Å²) >= 11 is 0. The van der Waals surface area contributed by atoms with Gasteiger partial charge in [0.25, 0.3) is 0 Å². The highest BCUT2D eigenvalue weighted by molar-refractivity contribution is 6.01. The first-order chi connectivity index (χ1) is 12.8. The van der Waals surface area contributed by atoms with Crippen molar-refractivity contribution in [2.75, 3.05) is 0 Å². The lowest BCUT2D eigenvalue weighted by molar-refractivity contribution is -0.0190. The Kier molecular flexibility index (Phi) is 3.49. The van der Waals surface area contributed by atoms with Crippen LogP contribution in [0.25, 0.3) is 0 Å². The van der Waals surface area contributed by atoms with Crippen LogP contribution in [0.2, 0.25) is 0 Å². The summed E-state index contributed by atoms with van der Waals surface area (Å²) < 4.78 is 6.38. The van der Waals surface area contributed by atoms with Crippen molar-refractivity contribution in [1.29, 1.82) is 0 Å². The fourth-order valence-electron chi connectivity index (χ4n) is 3.80. The summed E-state index contributed by atoms with van der Waals surface area (Å²) in [6.45, 7) is 2.10. The minimum atomic E-state index is -0.214. The van der Waals surface area contributed by atoms with Crippen molar-refractivity contribution in [3.63, 3.8) is 0 Å². The number of hydrogen-bond acceptors (Lipinski definition) is 4. The van der Waals surface area contributed by atoms with Crippen LogP contribution in [-0.4, -0.2) is 15.7 Å². The SMILES string of the molecule is Cc1cccc([C@H]2Oc3ccccc3[C@@H]3CC(c4ccncc4)=NN23)c1. The van der Waals surface area contributed by atoms with Crippen LogP contribution in [0.3, 0.4) is 0 Å². The van der Waals surface area contributed by atoms with Gasteiger partial charge < -0.3 is 4.74 Å². The second-order valence-electron chi connectivity index (χ2n) is 6.80. The van der Waals surface area contributed by atoms with Crippen molar-refractivity contribution in [2.24, 2.45) is 5.10 Å². The molecule has 5 rings (SSSR count). The van der Waals surface area contributed by atoms with Crippen molar-refractivity contribution in [2.45, 2.75) is 25.6 Å². The number of hydrazone groups is 1. The molecule has 2 atom stereocenters. The number of para-hydroxylation sites is 1. The van der Waals surface area contributed by atoms with Gasteiger partial charge in [-0.3, -0.25) is 4.98 Å². The predicted octanol–water partition coefficient (Wildman–Crippen LogP) is 4.63. The smallest absolute Gasteiger partial charge is 0.213 e. The summed E-state index contributed by atoms with van der Waals surface area (Å²) in [5.74, 6) is 0.950. The topological polar surface area (TPSA) is 37.7 Å². The van der Waals surface area contributed by atoms with Gasteiger partial charge in [-0.25, -0.2) is 5.01 Å². The fourth-order valence-corrected chi connectivity index (χ4v) is 3.80. The first-order valence-electron chi connectivity index (χ1n) is 8.88. The maximum Gasteiger partial charge on any atom is 0.213 e. The van der Waals surface area contributed by atoms with Crippen LogP contribution < -0.4 is 4.74 Å². The van der Waals surface area contributed by atoms with E-state index in [9.17, 15) is 0 Å². The van der Waals surface area contributed by atoms with Gasteiger partial charge in [0.15, 0.2) is 0 Å². The third-order valence-corrected chi connectivity index (χ3v) is 5.04. The lowest BCUT2D eigenvalue weighted by Gasteiger charge is -2.38. The lowest BCUT2D eigenvalue weighted by atomic mass is 9.96. The highest BCUT2D eigenvalue weighted by Gasteiger charge is 2.40. The average Bonchev–Trinajstić information content (AvgIpc) is 3.14. The largest absolute Gasteiger partial charge is 0.464 e. The van der Waals surface area contributed by atoms with E-state index in [0.29, 0.717) is 0 Å². The number of pyridine rings is 1. The molecule has 2 aliphatic heterocycles. The molecule has 3 aromatic rings. The molecule has 1 aromatic heterocycles. The van der Waals surface area contributed by atoms with Gasteiger partial charge in [0.1, 0.15) is 5.75 Å². The maximum atomic E-state index is 6.38. The Morgan fingerprint density at radius 3 is 2.69 bits per heavy atom. The highest BCUT2D eigenvalue weighted by Crippen LogP contribution is 2.47. The van der Waals surface area contributed by atoms with E-state index in [1.54, 1.807) is 0 Å². The molecule has 3 heterocycles. The predicted molar refractivity (Wildman–Crippen MR) is 101 cm³/mol. The van der Waals surface area contributed by atoms with Gasteiger partial charge in [-0.15, -0.1) is 0 Å². The number of rotatable bonds is 2. The van der Waals surface area contributed by atoms with Gasteiger partial charge in [0.05, 0.1) is 11.8 Å². The molecule has 26 heavy (non-hydrogen) atoms. The summed E-state index contributed by atoms with van der Waals surface area (Å²) in [5, 5.41) is 7.08. The Bertz CT molecular complexity index is 983. The molecule has 4 nitrogen and oxygen atoms in total. The van der Waals surface area contributed by atoms with Gasteiger partial charge in [-0.05, 0) is 25.1 Å². The minimum Gasteiger partial charge on any atom is -0.464 e. The van der Waals surface area contributed by atoms with E-state index in [2.05, 4.69) is 59.4 Å². The minimum absolute atomic E-state index is 0.189. The Labute approximate surface area is 152 Å². The molecular formula is C22H19N3O. The fraction of sp³-hybridized carbons (Fsp3) is 0.182. The highest BCUT2D eigenvalue weighted by atomic mass is 16.5. The molecule has 0 saturated carbocycles. The van der Waals surface area contributed by atoms with Gasteiger partial charge in [-0.1, -0.05) is 48.0 Å². The monoisotopic (exact) mass is 341 g/mol. The molecule has 0 saturated heterocycles. The van der Waals surface area contributed by atoms with Crippen LogP contribution in [0.4, 0.5) is 0 Å². The Hall–Kier alpha value is -3.14. The van der Waals surface area contributed by atoms with Crippen LogP contribution in [0.15, 0.2) is 78.2 Å². The zero-order valence-corrected chi connectivity index (χ0v) is 14.5. The second kappa shape index (κ2) is 5.99. The normalized spacial score (nSPS) is 20.8. The molecule has 2 aliphatic rings. The third-order valence-electron chi connectivity index (χ3n) is 5.04. The quantitative estimate of drug-likeness (QED) is 0.682. The van der Waals surface area contributed by atoms with Crippen LogP contribution in [0, 0.1) is 6.92 Å². The van der Waals surface area contributed by atoms with Gasteiger partial charge in [-0.2, -0.15) is 5.10 Å². The van der Waals surface area contributed by atoms with Crippen molar-refractivity contribution in [3.05, 3.63) is 95.3 Å². The summed E-state index contributed by atoms with van der Waals surface area (Å²) in [7, 11) is 0. The molecule has 0 bridgehead atoms. The molecule has 0 amide bonds. The molecule has 0 fully saturated rings. The second-order valence-corrected chi connectivity index (χ2v) is 6.80. The van der Waals surface area contributed by atoms with Crippen LogP contribution in [-0.2, 0) is 0 Å². The average molecular weight is 341 g/mol. The number of aromatic nitrogens is 1. The Morgan fingerprint density at radius 1 is 1.00 bits per heavy atom. The van der Waals surface area contributed by atoms with E-state index in [0.717, 1.165) is 29.0 Å². The van der Waals surface area contributed by atoms with Crippen molar-refractivity contribution in [1.82, 2.24) is 9.99 Å². The number of aryl methyl sites for hydroxylation is 1. The van der Waals surface area contributed by atoms with Crippen molar-refractivity contribution >= 4 is 5.71 Å². The number of hydrogen-bond donors (Lipinski definition) is 0. The lowest BCUT2D eigenvalue weighted by Crippen LogP contribution is -2.33. The molecule has 0 N–H and O–H groups in total. The molecule has 0 spiro atoms. The van der Waals surface area contributed by atoms with Crippen molar-refractivity contribution in [3.8, 4) is 5.75 Å². The van der Waals surface area contributed by atoms with E-state index in [1.165, 1.54) is 11.1 Å². The Balaban J connectivity index is 1.61. The molecule has 2 aromatic carbocycles. The van der Waals surface area contributed by atoms with E-state index in [1.807, 2.05) is 30.6 Å². The molecule has 0 unspecified atom stereocenters. The molecule has 0 aliphatic carbocycles. The number of nitrogens with zero attached hydrogens (tertiary/aromatic N) is 3. The first kappa shape index (κ1) is 15.1. The molecule has 128 valence electrons. The molecule has 4 heteroatoms. The Morgan fingerprint density at radius 2 is 1.85 bits per heavy atom. The summed E-state index contributed by atoms with van der Waals surface area (Å²) in [5.41, 5.74) is 5.75. The molecule has 0 radical (unpaired) electrons. The van der Waals surface area contributed by atoms with E-state index in [4.69, 9.17) is 9.84 Å². The summed E-state index contributed by atoms with van der Waals surface area (Å²) in [6.07, 6.45) is 4.29. The number of fused-ring (bicyclic) bond motifs is 3. The number of benzene rings is 2. The van der Waals surface area contributed by atoms with Crippen LogP contribution in [0.1, 0.15) is 40.9 Å². The molecular weight excluding hydrogens is 322 g/mol. The van der Waals surface area contributed by atoms with Gasteiger partial charge >= 0.3 is 0 Å². The zero-order chi connectivity index (χ0) is 17.5. The van der Waals surface area contributed by atoms with E-state index in [-0.39, 0.29) is 12.3 Å². The standard InChI is InChI=1S/C22H19N3O/c1-15-5-4-6-17(13-15)22-25-20(18-7-2-3-8-21(18)26-22)14-19(24-25)16-9-11-23-12-10-16/h2-13,20,22H,14H2,1H3/t20-,22+/m0/s1. The summed E-state index contributed by atoms with van der Waals surface area (Å²) in [4.78, 5) is 4.12. The first-order valence-corrected chi connectivity index (χ1v) is 8.88. The number of ether oxygens (including phenoxy) is 1. The van der Waals surface area contributed by atoms with Gasteiger partial charge in [0, 0.05) is 35.5 Å².